The highest BCUT2D eigenvalue weighted by Crippen LogP contribution is 2.33. The second-order valence-electron chi connectivity index (χ2n) is 4.93. The molecule has 0 heterocycles. The first-order valence-electron chi connectivity index (χ1n) is 6.87. The fraction of sp³-hybridized carbons (Fsp3) is 0.294. The Morgan fingerprint density at radius 1 is 1.15 bits per heavy atom. The molecule has 1 unspecified atom stereocenters. The third-order valence-electron chi connectivity index (χ3n) is 3.28. The van der Waals surface area contributed by atoms with Crippen LogP contribution in [-0.2, 0) is 0 Å². The Morgan fingerprint density at radius 3 is 2.60 bits per heavy atom. The molecule has 0 amide bonds. The minimum absolute atomic E-state index is 0.109. The summed E-state index contributed by atoms with van der Waals surface area (Å²) in [6.07, 6.45) is 1.09. The van der Waals surface area contributed by atoms with Gasteiger partial charge in [-0.2, -0.15) is 0 Å². The first-order valence-corrected chi connectivity index (χ1v) is 8.04. The molecule has 2 rings (SSSR count). The van der Waals surface area contributed by atoms with Crippen LogP contribution in [0.3, 0.4) is 0 Å². The van der Waals surface area contributed by atoms with Gasteiger partial charge >= 0.3 is 0 Å². The molecule has 2 aromatic carbocycles. The number of benzene rings is 2. The topological polar surface area (TPSA) is 12.0 Å². The Hall–Kier alpha value is -0.830. The standard InChI is InChI=1S/C17H19BrClN/c1-3-10-20-17(13-6-4-5-7-16(13)19)14-11-12(2)8-9-15(14)18/h4-9,11,17,20H,3,10H2,1-2H3. The predicted molar refractivity (Wildman–Crippen MR) is 90.5 cm³/mol. The van der Waals surface area contributed by atoms with Gasteiger partial charge in [0.1, 0.15) is 0 Å². The molecule has 0 bridgehead atoms. The molecule has 106 valence electrons. The lowest BCUT2D eigenvalue weighted by Gasteiger charge is -2.22. The molecule has 3 heteroatoms. The summed E-state index contributed by atoms with van der Waals surface area (Å²) in [6.45, 7) is 5.23. The molecule has 0 aliphatic rings. The van der Waals surface area contributed by atoms with E-state index in [1.807, 2.05) is 18.2 Å². The minimum Gasteiger partial charge on any atom is -0.306 e. The number of aryl methyl sites for hydroxylation is 1. The number of halogens is 2. The Labute approximate surface area is 134 Å². The smallest absolute Gasteiger partial charge is 0.0602 e. The van der Waals surface area contributed by atoms with E-state index in [2.05, 4.69) is 59.4 Å². The van der Waals surface area contributed by atoms with Crippen LogP contribution in [0.4, 0.5) is 0 Å². The fourth-order valence-electron chi connectivity index (χ4n) is 2.27. The third kappa shape index (κ3) is 3.63. The number of rotatable bonds is 5. The predicted octanol–water partition coefficient (Wildman–Crippen LogP) is 5.50. The molecule has 0 aliphatic heterocycles. The van der Waals surface area contributed by atoms with Gasteiger partial charge in [-0.15, -0.1) is 0 Å². The molecule has 1 nitrogen and oxygen atoms in total. The highest BCUT2D eigenvalue weighted by molar-refractivity contribution is 9.10. The van der Waals surface area contributed by atoms with Crippen molar-refractivity contribution in [2.75, 3.05) is 6.54 Å². The molecule has 0 aromatic heterocycles. The van der Waals surface area contributed by atoms with Crippen LogP contribution in [0.15, 0.2) is 46.9 Å². The van der Waals surface area contributed by atoms with Gasteiger partial charge in [-0.3, -0.25) is 0 Å². The highest BCUT2D eigenvalue weighted by Gasteiger charge is 2.18. The van der Waals surface area contributed by atoms with Crippen LogP contribution in [0.25, 0.3) is 0 Å². The molecule has 0 radical (unpaired) electrons. The normalized spacial score (nSPS) is 12.4. The van der Waals surface area contributed by atoms with Gasteiger partial charge in [0.2, 0.25) is 0 Å². The summed E-state index contributed by atoms with van der Waals surface area (Å²) in [6, 6.07) is 14.6. The number of hydrogen-bond donors (Lipinski definition) is 1. The fourth-order valence-corrected chi connectivity index (χ4v) is 2.99. The molecule has 0 saturated heterocycles. The summed E-state index contributed by atoms with van der Waals surface area (Å²) in [4.78, 5) is 0. The maximum atomic E-state index is 6.38. The average Bonchev–Trinajstić information content (AvgIpc) is 2.44. The van der Waals surface area contributed by atoms with E-state index < -0.39 is 0 Å². The van der Waals surface area contributed by atoms with Gasteiger partial charge in [-0.25, -0.2) is 0 Å². The maximum absolute atomic E-state index is 6.38. The van der Waals surface area contributed by atoms with E-state index in [1.165, 1.54) is 11.1 Å². The van der Waals surface area contributed by atoms with Gasteiger partial charge in [0.15, 0.2) is 0 Å². The number of hydrogen-bond acceptors (Lipinski definition) is 1. The molecule has 0 aliphatic carbocycles. The Morgan fingerprint density at radius 2 is 1.90 bits per heavy atom. The van der Waals surface area contributed by atoms with Gasteiger partial charge < -0.3 is 5.32 Å². The molecule has 20 heavy (non-hydrogen) atoms. The summed E-state index contributed by atoms with van der Waals surface area (Å²) in [5.74, 6) is 0. The van der Waals surface area contributed by atoms with E-state index in [4.69, 9.17) is 11.6 Å². The molecule has 0 spiro atoms. The van der Waals surface area contributed by atoms with Crippen LogP contribution in [0.1, 0.15) is 36.1 Å². The first kappa shape index (κ1) is 15.6. The molecular weight excluding hydrogens is 334 g/mol. The Kier molecular flexibility index (Phi) is 5.64. The molecule has 1 atom stereocenters. The summed E-state index contributed by atoms with van der Waals surface area (Å²) >= 11 is 10.0. The van der Waals surface area contributed by atoms with E-state index in [9.17, 15) is 0 Å². The largest absolute Gasteiger partial charge is 0.306 e. The zero-order valence-electron chi connectivity index (χ0n) is 11.8. The van der Waals surface area contributed by atoms with E-state index in [0.29, 0.717) is 0 Å². The van der Waals surface area contributed by atoms with E-state index in [0.717, 1.165) is 28.0 Å². The van der Waals surface area contributed by atoms with Crippen molar-refractivity contribution in [2.45, 2.75) is 26.3 Å². The molecule has 0 saturated carbocycles. The first-order chi connectivity index (χ1) is 9.63. The molecular formula is C17H19BrClN. The van der Waals surface area contributed by atoms with Crippen molar-refractivity contribution in [2.24, 2.45) is 0 Å². The Balaban J connectivity index is 2.47. The van der Waals surface area contributed by atoms with Crippen LogP contribution in [0, 0.1) is 6.92 Å². The van der Waals surface area contributed by atoms with Crippen molar-refractivity contribution >= 4 is 27.5 Å². The Bertz CT molecular complexity index is 583. The van der Waals surface area contributed by atoms with Crippen LogP contribution in [0.2, 0.25) is 5.02 Å². The van der Waals surface area contributed by atoms with Crippen LogP contribution >= 0.6 is 27.5 Å². The van der Waals surface area contributed by atoms with Gasteiger partial charge in [0.25, 0.3) is 0 Å². The molecule has 2 aromatic rings. The zero-order valence-corrected chi connectivity index (χ0v) is 14.1. The summed E-state index contributed by atoms with van der Waals surface area (Å²) in [5.41, 5.74) is 3.60. The highest BCUT2D eigenvalue weighted by atomic mass is 79.9. The maximum Gasteiger partial charge on any atom is 0.0602 e. The summed E-state index contributed by atoms with van der Waals surface area (Å²) < 4.78 is 1.11. The van der Waals surface area contributed by atoms with Crippen LogP contribution in [-0.4, -0.2) is 6.54 Å². The van der Waals surface area contributed by atoms with Gasteiger partial charge in [0.05, 0.1) is 6.04 Å². The number of nitrogens with one attached hydrogen (secondary N) is 1. The minimum atomic E-state index is 0.109. The second-order valence-corrected chi connectivity index (χ2v) is 6.20. The molecule has 1 N–H and O–H groups in total. The average molecular weight is 353 g/mol. The third-order valence-corrected chi connectivity index (χ3v) is 4.34. The van der Waals surface area contributed by atoms with Crippen molar-refractivity contribution in [3.05, 3.63) is 68.7 Å². The summed E-state index contributed by atoms with van der Waals surface area (Å²) in [7, 11) is 0. The lowest BCUT2D eigenvalue weighted by atomic mass is 9.97. The van der Waals surface area contributed by atoms with Crippen LogP contribution in [0.5, 0.6) is 0 Å². The van der Waals surface area contributed by atoms with Crippen molar-refractivity contribution < 1.29 is 0 Å². The zero-order chi connectivity index (χ0) is 14.5. The van der Waals surface area contributed by atoms with E-state index in [1.54, 1.807) is 0 Å². The van der Waals surface area contributed by atoms with Gasteiger partial charge in [-0.1, -0.05) is 70.3 Å². The van der Waals surface area contributed by atoms with Crippen molar-refractivity contribution in [3.8, 4) is 0 Å². The van der Waals surface area contributed by atoms with Crippen molar-refractivity contribution in [1.29, 1.82) is 0 Å². The molecule has 0 fully saturated rings. The van der Waals surface area contributed by atoms with Gasteiger partial charge in [0, 0.05) is 9.50 Å². The van der Waals surface area contributed by atoms with Crippen molar-refractivity contribution in [3.63, 3.8) is 0 Å². The van der Waals surface area contributed by atoms with Gasteiger partial charge in [-0.05, 0) is 43.1 Å². The second kappa shape index (κ2) is 7.26. The lowest BCUT2D eigenvalue weighted by molar-refractivity contribution is 0.597. The quantitative estimate of drug-likeness (QED) is 0.749. The SMILES string of the molecule is CCCNC(c1ccccc1Cl)c1cc(C)ccc1Br. The van der Waals surface area contributed by atoms with E-state index in [-0.39, 0.29) is 6.04 Å². The monoisotopic (exact) mass is 351 g/mol. The van der Waals surface area contributed by atoms with E-state index >= 15 is 0 Å². The van der Waals surface area contributed by atoms with Crippen molar-refractivity contribution in [1.82, 2.24) is 5.32 Å². The lowest BCUT2D eigenvalue weighted by Crippen LogP contribution is -2.24. The van der Waals surface area contributed by atoms with Crippen LogP contribution < -0.4 is 5.32 Å². The summed E-state index contributed by atoms with van der Waals surface area (Å²) in [5, 5.41) is 4.40.